The summed E-state index contributed by atoms with van der Waals surface area (Å²) in [5.41, 5.74) is 5.03. The molecule has 104 valence electrons. The Morgan fingerprint density at radius 2 is 2.05 bits per heavy atom. The lowest BCUT2D eigenvalue weighted by Gasteiger charge is -2.09. The van der Waals surface area contributed by atoms with E-state index >= 15 is 0 Å². The number of nitrogens with zero attached hydrogens (tertiary/aromatic N) is 2. The first kappa shape index (κ1) is 13.2. The predicted molar refractivity (Wildman–Crippen MR) is 76.7 cm³/mol. The summed E-state index contributed by atoms with van der Waals surface area (Å²) in [7, 11) is 0. The number of aryl methyl sites for hydroxylation is 2. The van der Waals surface area contributed by atoms with E-state index in [1.54, 1.807) is 0 Å². The van der Waals surface area contributed by atoms with Crippen LogP contribution < -0.4 is 5.32 Å². The smallest absolute Gasteiger partial charge is 0.159 e. The van der Waals surface area contributed by atoms with Crippen molar-refractivity contribution in [1.29, 1.82) is 0 Å². The van der Waals surface area contributed by atoms with Gasteiger partial charge in [-0.05, 0) is 37.1 Å². The van der Waals surface area contributed by atoms with Crippen molar-refractivity contribution in [2.75, 3.05) is 0 Å². The molecule has 3 nitrogen and oxygen atoms in total. The molecule has 4 heteroatoms. The second kappa shape index (κ2) is 5.29. The average Bonchev–Trinajstić information content (AvgIpc) is 2.86. The van der Waals surface area contributed by atoms with Gasteiger partial charge in [-0.3, -0.25) is 0 Å². The maximum Gasteiger partial charge on any atom is 0.159 e. The average molecular weight is 271 g/mol. The Labute approximate surface area is 118 Å². The summed E-state index contributed by atoms with van der Waals surface area (Å²) < 4.78 is 13.6. The number of aromatic nitrogens is 2. The number of benzene rings is 1. The monoisotopic (exact) mass is 271 g/mol. The fourth-order valence-electron chi connectivity index (χ4n) is 2.68. The highest BCUT2D eigenvalue weighted by Crippen LogP contribution is 2.24. The predicted octanol–water partition coefficient (Wildman–Crippen LogP) is 3.15. The summed E-state index contributed by atoms with van der Waals surface area (Å²) in [6.07, 6.45) is 1.99. The van der Waals surface area contributed by atoms with Crippen molar-refractivity contribution in [2.24, 2.45) is 0 Å². The highest BCUT2D eigenvalue weighted by Gasteiger charge is 2.19. The highest BCUT2D eigenvalue weighted by molar-refractivity contribution is 5.57. The molecule has 1 aromatic carbocycles. The molecule has 0 atom stereocenters. The number of hydrogen-bond donors (Lipinski definition) is 1. The normalized spacial score (nSPS) is 13.6. The van der Waals surface area contributed by atoms with Crippen molar-refractivity contribution in [2.45, 2.75) is 39.8 Å². The molecule has 20 heavy (non-hydrogen) atoms. The van der Waals surface area contributed by atoms with Gasteiger partial charge in [-0.2, -0.15) is 0 Å². The van der Waals surface area contributed by atoms with Crippen LogP contribution in [-0.2, 0) is 19.5 Å². The maximum absolute atomic E-state index is 13.6. The molecule has 0 saturated carbocycles. The van der Waals surface area contributed by atoms with Gasteiger partial charge in [-0.1, -0.05) is 13.3 Å². The Kier molecular flexibility index (Phi) is 3.49. The molecule has 1 aliphatic rings. The molecule has 2 aromatic rings. The van der Waals surface area contributed by atoms with E-state index in [0.717, 1.165) is 48.4 Å². The van der Waals surface area contributed by atoms with Crippen molar-refractivity contribution >= 4 is 0 Å². The molecule has 0 fully saturated rings. The summed E-state index contributed by atoms with van der Waals surface area (Å²) >= 11 is 0. The van der Waals surface area contributed by atoms with E-state index < -0.39 is 0 Å². The number of fused-ring (bicyclic) bond motifs is 1. The SMILES string of the molecule is CCCc1nc(-c2cc(C)cc(F)c2)nc2c1CNC2. The van der Waals surface area contributed by atoms with Gasteiger partial charge in [0.15, 0.2) is 5.82 Å². The summed E-state index contributed by atoms with van der Waals surface area (Å²) in [6.45, 7) is 5.64. The van der Waals surface area contributed by atoms with Crippen molar-refractivity contribution < 1.29 is 4.39 Å². The zero-order chi connectivity index (χ0) is 14.1. The fraction of sp³-hybridized carbons (Fsp3) is 0.375. The first-order chi connectivity index (χ1) is 9.67. The first-order valence-electron chi connectivity index (χ1n) is 7.04. The van der Waals surface area contributed by atoms with Gasteiger partial charge in [0.25, 0.3) is 0 Å². The topological polar surface area (TPSA) is 37.8 Å². The minimum Gasteiger partial charge on any atom is -0.307 e. The van der Waals surface area contributed by atoms with Gasteiger partial charge in [-0.25, -0.2) is 14.4 Å². The second-order valence-corrected chi connectivity index (χ2v) is 5.29. The van der Waals surface area contributed by atoms with Crippen molar-refractivity contribution in [1.82, 2.24) is 15.3 Å². The van der Waals surface area contributed by atoms with Crippen LogP contribution in [0.15, 0.2) is 18.2 Å². The molecule has 0 bridgehead atoms. The molecule has 0 unspecified atom stereocenters. The molecule has 0 radical (unpaired) electrons. The Hall–Kier alpha value is -1.81. The molecule has 0 saturated heterocycles. The largest absolute Gasteiger partial charge is 0.307 e. The highest BCUT2D eigenvalue weighted by atomic mass is 19.1. The minimum atomic E-state index is -0.237. The molecule has 3 rings (SSSR count). The van der Waals surface area contributed by atoms with Crippen molar-refractivity contribution in [3.8, 4) is 11.4 Å². The van der Waals surface area contributed by atoms with Crippen molar-refractivity contribution in [3.63, 3.8) is 0 Å². The van der Waals surface area contributed by atoms with Crippen LogP contribution in [0.1, 0.15) is 35.9 Å². The molecular formula is C16H18FN3. The quantitative estimate of drug-likeness (QED) is 0.932. The molecular weight excluding hydrogens is 253 g/mol. The molecule has 0 spiro atoms. The molecule has 1 aliphatic heterocycles. The second-order valence-electron chi connectivity index (χ2n) is 5.29. The lowest BCUT2D eigenvalue weighted by molar-refractivity contribution is 0.627. The lowest BCUT2D eigenvalue weighted by Crippen LogP contribution is -2.04. The number of nitrogens with one attached hydrogen (secondary N) is 1. The van der Waals surface area contributed by atoms with E-state index in [0.29, 0.717) is 5.82 Å². The van der Waals surface area contributed by atoms with Crippen LogP contribution in [0.25, 0.3) is 11.4 Å². The standard InChI is InChI=1S/C16H18FN3/c1-3-4-14-13-8-18-9-15(13)20-16(19-14)11-5-10(2)6-12(17)7-11/h5-7,18H,3-4,8-9H2,1-2H3. The van der Waals surface area contributed by atoms with E-state index in [4.69, 9.17) is 0 Å². The summed E-state index contributed by atoms with van der Waals surface area (Å²) in [6, 6.07) is 4.96. The summed E-state index contributed by atoms with van der Waals surface area (Å²) in [5, 5.41) is 3.31. The summed E-state index contributed by atoms with van der Waals surface area (Å²) in [5.74, 6) is 0.401. The van der Waals surface area contributed by atoms with Crippen LogP contribution in [0.4, 0.5) is 4.39 Å². The van der Waals surface area contributed by atoms with Gasteiger partial charge in [0, 0.05) is 29.9 Å². The van der Waals surface area contributed by atoms with E-state index in [2.05, 4.69) is 22.2 Å². The van der Waals surface area contributed by atoms with Gasteiger partial charge < -0.3 is 5.32 Å². The third-order valence-electron chi connectivity index (χ3n) is 3.56. The molecule has 0 aliphatic carbocycles. The van der Waals surface area contributed by atoms with E-state index in [-0.39, 0.29) is 5.82 Å². The number of halogens is 1. The molecule has 1 N–H and O–H groups in total. The molecule has 2 heterocycles. The Morgan fingerprint density at radius 1 is 1.20 bits per heavy atom. The van der Waals surface area contributed by atoms with Gasteiger partial charge >= 0.3 is 0 Å². The van der Waals surface area contributed by atoms with Crippen LogP contribution in [0.3, 0.4) is 0 Å². The Bertz CT molecular complexity index is 632. The third kappa shape index (κ3) is 2.43. The van der Waals surface area contributed by atoms with Gasteiger partial charge in [0.2, 0.25) is 0 Å². The third-order valence-corrected chi connectivity index (χ3v) is 3.56. The zero-order valence-electron chi connectivity index (χ0n) is 11.8. The number of rotatable bonds is 3. The molecule has 0 amide bonds. The van der Waals surface area contributed by atoms with E-state index in [1.807, 2.05) is 13.0 Å². The first-order valence-corrected chi connectivity index (χ1v) is 7.04. The Balaban J connectivity index is 2.12. The minimum absolute atomic E-state index is 0.237. The van der Waals surface area contributed by atoms with E-state index in [9.17, 15) is 4.39 Å². The van der Waals surface area contributed by atoms with Crippen LogP contribution in [0, 0.1) is 12.7 Å². The van der Waals surface area contributed by atoms with Crippen LogP contribution >= 0.6 is 0 Å². The van der Waals surface area contributed by atoms with Crippen molar-refractivity contribution in [3.05, 3.63) is 46.5 Å². The summed E-state index contributed by atoms with van der Waals surface area (Å²) in [4.78, 5) is 9.28. The lowest BCUT2D eigenvalue weighted by atomic mass is 10.1. The molecule has 1 aromatic heterocycles. The van der Waals surface area contributed by atoms with Crippen LogP contribution in [0.5, 0.6) is 0 Å². The van der Waals surface area contributed by atoms with Crippen LogP contribution in [-0.4, -0.2) is 9.97 Å². The number of hydrogen-bond acceptors (Lipinski definition) is 3. The maximum atomic E-state index is 13.6. The van der Waals surface area contributed by atoms with Gasteiger partial charge in [0.05, 0.1) is 5.69 Å². The van der Waals surface area contributed by atoms with Gasteiger partial charge in [-0.15, -0.1) is 0 Å². The zero-order valence-corrected chi connectivity index (χ0v) is 11.8. The Morgan fingerprint density at radius 3 is 2.80 bits per heavy atom. The van der Waals surface area contributed by atoms with E-state index in [1.165, 1.54) is 17.7 Å². The van der Waals surface area contributed by atoms with Crippen LogP contribution in [0.2, 0.25) is 0 Å². The van der Waals surface area contributed by atoms with Gasteiger partial charge in [0.1, 0.15) is 5.82 Å². The fourth-order valence-corrected chi connectivity index (χ4v) is 2.68.